The molecule has 0 spiro atoms. The number of methoxy groups -OCH3 is 2. The number of hydrogen-bond donors (Lipinski definition) is 2. The van der Waals surface area contributed by atoms with Crippen LogP contribution in [0.2, 0.25) is 0 Å². The number of carbonyl (C=O) groups is 1. The van der Waals surface area contributed by atoms with E-state index in [1.807, 2.05) is 36.4 Å². The molecule has 2 aromatic rings. The molecule has 5 heteroatoms. The molecule has 2 N–H and O–H groups in total. The summed E-state index contributed by atoms with van der Waals surface area (Å²) in [6.07, 6.45) is 0. The van der Waals surface area contributed by atoms with Gasteiger partial charge in [-0.15, -0.1) is 0 Å². The Hall–Kier alpha value is -2.53. The first-order chi connectivity index (χ1) is 12.2. The minimum absolute atomic E-state index is 0.0440. The highest BCUT2D eigenvalue weighted by atomic mass is 16.5. The van der Waals surface area contributed by atoms with E-state index < -0.39 is 0 Å². The molecule has 0 saturated carbocycles. The molecule has 1 atom stereocenters. The molecule has 0 fully saturated rings. The number of ether oxygens (including phenoxy) is 2. The molecule has 2 rings (SSSR count). The predicted octanol–water partition coefficient (Wildman–Crippen LogP) is 1.43. The summed E-state index contributed by atoms with van der Waals surface area (Å²) in [5, 5.41) is 2.98. The normalized spacial score (nSPS) is 11.6. The van der Waals surface area contributed by atoms with Gasteiger partial charge in [-0.2, -0.15) is 0 Å². The summed E-state index contributed by atoms with van der Waals surface area (Å²) in [7, 11) is 3.21. The number of hydrogen-bond acceptors (Lipinski definition) is 3. The molecule has 1 amide bonds. The molecule has 25 heavy (non-hydrogen) atoms. The number of nitrogens with one attached hydrogen (secondary N) is 2. The quantitative estimate of drug-likeness (QED) is 0.724. The molecule has 5 nitrogen and oxygen atoms in total. The largest absolute Gasteiger partial charge is 0.493 e. The molecule has 1 unspecified atom stereocenters. The summed E-state index contributed by atoms with van der Waals surface area (Å²) >= 11 is 0. The van der Waals surface area contributed by atoms with E-state index in [0.29, 0.717) is 24.6 Å². The molecule has 0 saturated heterocycles. The molecular weight excluding hydrogens is 316 g/mol. The van der Waals surface area contributed by atoms with Crippen LogP contribution in [0.4, 0.5) is 0 Å². The lowest BCUT2D eigenvalue weighted by atomic mass is 10.2. The standard InChI is InChI=1S/C20H26N2O3/c1-4-22(14-16-8-6-5-7-9-16)15-20(23)21-13-17-10-11-18(24-2)19(12-17)25-3/h5-12H,4,13-15H2,1-3H3,(H,21,23)/p+1. The van der Waals surface area contributed by atoms with Crippen molar-refractivity contribution in [1.82, 2.24) is 5.32 Å². The van der Waals surface area contributed by atoms with Crippen LogP contribution in [-0.4, -0.2) is 33.2 Å². The average Bonchev–Trinajstić information content (AvgIpc) is 2.66. The summed E-state index contributed by atoms with van der Waals surface area (Å²) in [5.41, 5.74) is 2.22. The van der Waals surface area contributed by atoms with Crippen LogP contribution in [0.5, 0.6) is 11.5 Å². The molecule has 2 aromatic carbocycles. The monoisotopic (exact) mass is 343 g/mol. The van der Waals surface area contributed by atoms with Crippen molar-refractivity contribution in [3.63, 3.8) is 0 Å². The van der Waals surface area contributed by atoms with Gasteiger partial charge in [0.2, 0.25) is 0 Å². The minimum atomic E-state index is 0.0440. The summed E-state index contributed by atoms with van der Waals surface area (Å²) in [6.45, 7) is 4.78. The Morgan fingerprint density at radius 2 is 1.72 bits per heavy atom. The van der Waals surface area contributed by atoms with Gasteiger partial charge in [0.15, 0.2) is 18.0 Å². The van der Waals surface area contributed by atoms with Crippen LogP contribution in [0.1, 0.15) is 18.1 Å². The Morgan fingerprint density at radius 3 is 2.36 bits per heavy atom. The summed E-state index contributed by atoms with van der Waals surface area (Å²) in [5.74, 6) is 1.39. The Bertz CT molecular complexity index is 674. The van der Waals surface area contributed by atoms with Gasteiger partial charge in [-0.25, -0.2) is 0 Å². The zero-order chi connectivity index (χ0) is 18.1. The van der Waals surface area contributed by atoms with Gasteiger partial charge in [0.1, 0.15) is 6.54 Å². The van der Waals surface area contributed by atoms with Crippen LogP contribution in [0.15, 0.2) is 48.5 Å². The molecule has 0 aromatic heterocycles. The molecule has 0 heterocycles. The summed E-state index contributed by atoms with van der Waals surface area (Å²) in [4.78, 5) is 13.5. The molecular formula is C20H27N2O3+. The van der Waals surface area contributed by atoms with Crippen LogP contribution < -0.4 is 19.7 Å². The zero-order valence-corrected chi connectivity index (χ0v) is 15.2. The average molecular weight is 343 g/mol. The van der Waals surface area contributed by atoms with Crippen LogP contribution >= 0.6 is 0 Å². The predicted molar refractivity (Wildman–Crippen MR) is 97.9 cm³/mol. The van der Waals surface area contributed by atoms with Gasteiger partial charge in [-0.05, 0) is 24.6 Å². The van der Waals surface area contributed by atoms with Gasteiger partial charge >= 0.3 is 0 Å². The van der Waals surface area contributed by atoms with Crippen molar-refractivity contribution in [2.24, 2.45) is 0 Å². The first kappa shape index (κ1) is 18.8. The third-order valence-corrected chi connectivity index (χ3v) is 4.15. The van der Waals surface area contributed by atoms with E-state index in [0.717, 1.165) is 18.7 Å². The third kappa shape index (κ3) is 5.80. The number of benzene rings is 2. The maximum Gasteiger partial charge on any atom is 0.275 e. The minimum Gasteiger partial charge on any atom is -0.493 e. The van der Waals surface area contributed by atoms with Gasteiger partial charge in [0.05, 0.1) is 20.8 Å². The summed E-state index contributed by atoms with van der Waals surface area (Å²) in [6, 6.07) is 15.9. The Balaban J connectivity index is 1.87. The fourth-order valence-corrected chi connectivity index (χ4v) is 2.68. The van der Waals surface area contributed by atoms with Gasteiger partial charge < -0.3 is 19.7 Å². The lowest BCUT2D eigenvalue weighted by Crippen LogP contribution is -3.11. The fraction of sp³-hybridized carbons (Fsp3) is 0.350. The van der Waals surface area contributed by atoms with E-state index in [2.05, 4.69) is 24.4 Å². The van der Waals surface area contributed by atoms with Gasteiger partial charge in [0.25, 0.3) is 5.91 Å². The topological polar surface area (TPSA) is 52.0 Å². The first-order valence-electron chi connectivity index (χ1n) is 8.51. The number of amides is 1. The van der Waals surface area contributed by atoms with E-state index in [1.54, 1.807) is 14.2 Å². The van der Waals surface area contributed by atoms with E-state index in [4.69, 9.17) is 9.47 Å². The van der Waals surface area contributed by atoms with Gasteiger partial charge in [-0.3, -0.25) is 4.79 Å². The fourth-order valence-electron chi connectivity index (χ4n) is 2.68. The second kappa shape index (κ2) is 9.69. The smallest absolute Gasteiger partial charge is 0.275 e. The van der Waals surface area contributed by atoms with E-state index >= 15 is 0 Å². The van der Waals surface area contributed by atoms with E-state index in [1.165, 1.54) is 10.5 Å². The first-order valence-corrected chi connectivity index (χ1v) is 8.51. The molecule has 0 aliphatic rings. The van der Waals surface area contributed by atoms with Crippen LogP contribution in [0.3, 0.4) is 0 Å². The molecule has 0 bridgehead atoms. The second-order valence-corrected chi connectivity index (χ2v) is 5.91. The Morgan fingerprint density at radius 1 is 1.00 bits per heavy atom. The zero-order valence-electron chi connectivity index (χ0n) is 15.2. The maximum atomic E-state index is 12.3. The highest BCUT2D eigenvalue weighted by molar-refractivity contribution is 5.76. The van der Waals surface area contributed by atoms with Crippen molar-refractivity contribution < 1.29 is 19.2 Å². The molecule has 134 valence electrons. The Kier molecular flexibility index (Phi) is 7.29. The maximum absolute atomic E-state index is 12.3. The second-order valence-electron chi connectivity index (χ2n) is 5.91. The van der Waals surface area contributed by atoms with Gasteiger partial charge in [-0.1, -0.05) is 36.4 Å². The number of rotatable bonds is 9. The highest BCUT2D eigenvalue weighted by Gasteiger charge is 2.13. The van der Waals surface area contributed by atoms with Crippen molar-refractivity contribution in [1.29, 1.82) is 0 Å². The van der Waals surface area contributed by atoms with E-state index in [9.17, 15) is 4.79 Å². The van der Waals surface area contributed by atoms with E-state index in [-0.39, 0.29) is 5.91 Å². The molecule has 0 aliphatic heterocycles. The molecule has 0 aliphatic carbocycles. The van der Waals surface area contributed by atoms with Crippen molar-refractivity contribution in [3.05, 3.63) is 59.7 Å². The van der Waals surface area contributed by atoms with Crippen molar-refractivity contribution in [2.75, 3.05) is 27.3 Å². The molecule has 0 radical (unpaired) electrons. The third-order valence-electron chi connectivity index (χ3n) is 4.15. The highest BCUT2D eigenvalue weighted by Crippen LogP contribution is 2.27. The van der Waals surface area contributed by atoms with Crippen molar-refractivity contribution >= 4 is 5.91 Å². The number of quaternary nitrogens is 1. The lowest BCUT2D eigenvalue weighted by molar-refractivity contribution is -0.904. The SMILES string of the molecule is CC[NH+](CC(=O)NCc1ccc(OC)c(OC)c1)Cc1ccccc1. The van der Waals surface area contributed by atoms with Crippen LogP contribution in [0.25, 0.3) is 0 Å². The Labute approximate surface area is 149 Å². The summed E-state index contributed by atoms with van der Waals surface area (Å²) < 4.78 is 10.5. The van der Waals surface area contributed by atoms with Crippen LogP contribution in [0, 0.1) is 0 Å². The van der Waals surface area contributed by atoms with Crippen molar-refractivity contribution in [2.45, 2.75) is 20.0 Å². The number of carbonyl (C=O) groups excluding carboxylic acids is 1. The number of likely N-dealkylation sites (N-methyl/N-ethyl adjacent to an activating group) is 1. The lowest BCUT2D eigenvalue weighted by Gasteiger charge is -2.17. The van der Waals surface area contributed by atoms with Crippen LogP contribution in [-0.2, 0) is 17.9 Å². The van der Waals surface area contributed by atoms with Crippen molar-refractivity contribution in [3.8, 4) is 11.5 Å². The van der Waals surface area contributed by atoms with Gasteiger partial charge in [0, 0.05) is 12.1 Å².